The largest absolute Gasteiger partial charge is 0.375 e. The van der Waals surface area contributed by atoms with E-state index < -0.39 is 0 Å². The average molecular weight is 211 g/mol. The molecule has 15 heavy (non-hydrogen) atoms. The predicted octanol–water partition coefficient (Wildman–Crippen LogP) is 0.724. The van der Waals surface area contributed by atoms with Gasteiger partial charge in [0, 0.05) is 19.0 Å². The van der Waals surface area contributed by atoms with Gasteiger partial charge in [0.1, 0.15) is 0 Å². The summed E-state index contributed by atoms with van der Waals surface area (Å²) >= 11 is 0. The first-order chi connectivity index (χ1) is 7.25. The number of hydrogen-bond donors (Lipinski definition) is 1. The Balaban J connectivity index is 1.91. The molecular weight excluding hydrogens is 194 g/mol. The van der Waals surface area contributed by atoms with Crippen molar-refractivity contribution in [3.8, 4) is 0 Å². The van der Waals surface area contributed by atoms with Crippen molar-refractivity contribution < 1.29 is 9.26 Å². The number of nitrogens with one attached hydrogen (secondary N) is 1. The van der Waals surface area contributed by atoms with Gasteiger partial charge in [-0.2, -0.15) is 4.98 Å². The molecule has 0 saturated carbocycles. The standard InChI is InChI=1S/C10H17N3O2/c1-7(2)10-12-9(15-13-10)5-8-6-11-3-4-14-8/h7-8,11H,3-6H2,1-2H3. The number of morpholine rings is 1. The van der Waals surface area contributed by atoms with Gasteiger partial charge >= 0.3 is 0 Å². The highest BCUT2D eigenvalue weighted by Crippen LogP contribution is 2.11. The van der Waals surface area contributed by atoms with Crippen molar-refractivity contribution in [2.75, 3.05) is 19.7 Å². The monoisotopic (exact) mass is 211 g/mol. The normalized spacial score (nSPS) is 22.2. The lowest BCUT2D eigenvalue weighted by molar-refractivity contribution is 0.0246. The van der Waals surface area contributed by atoms with E-state index in [1.165, 1.54) is 0 Å². The topological polar surface area (TPSA) is 60.2 Å². The van der Waals surface area contributed by atoms with E-state index in [0.717, 1.165) is 25.5 Å². The highest BCUT2D eigenvalue weighted by molar-refractivity contribution is 4.93. The van der Waals surface area contributed by atoms with Crippen LogP contribution in [0, 0.1) is 0 Å². The molecule has 5 nitrogen and oxygen atoms in total. The maximum absolute atomic E-state index is 5.56. The molecule has 1 aromatic heterocycles. The van der Waals surface area contributed by atoms with Crippen LogP contribution in [0.25, 0.3) is 0 Å². The maximum atomic E-state index is 5.56. The van der Waals surface area contributed by atoms with Gasteiger partial charge in [0.05, 0.1) is 19.1 Å². The Morgan fingerprint density at radius 3 is 3.00 bits per heavy atom. The summed E-state index contributed by atoms with van der Waals surface area (Å²) in [6.07, 6.45) is 0.867. The molecule has 0 spiro atoms. The fourth-order valence-corrected chi connectivity index (χ4v) is 1.53. The van der Waals surface area contributed by atoms with E-state index >= 15 is 0 Å². The van der Waals surface area contributed by atoms with Crippen LogP contribution in [0.1, 0.15) is 31.5 Å². The van der Waals surface area contributed by atoms with Gasteiger partial charge in [-0.15, -0.1) is 0 Å². The Labute approximate surface area is 89.2 Å². The van der Waals surface area contributed by atoms with Gasteiger partial charge in [0.15, 0.2) is 5.82 Å². The van der Waals surface area contributed by atoms with Crippen LogP contribution >= 0.6 is 0 Å². The van der Waals surface area contributed by atoms with E-state index in [2.05, 4.69) is 15.5 Å². The minimum absolute atomic E-state index is 0.166. The first-order valence-electron chi connectivity index (χ1n) is 5.40. The molecule has 1 unspecified atom stereocenters. The quantitative estimate of drug-likeness (QED) is 0.798. The van der Waals surface area contributed by atoms with Gasteiger partial charge in [-0.3, -0.25) is 0 Å². The third kappa shape index (κ3) is 2.76. The summed E-state index contributed by atoms with van der Waals surface area (Å²) in [5.74, 6) is 1.76. The van der Waals surface area contributed by atoms with Crippen LogP contribution in [0.2, 0.25) is 0 Å². The Bertz CT molecular complexity index is 305. The zero-order valence-corrected chi connectivity index (χ0v) is 9.19. The molecule has 0 amide bonds. The summed E-state index contributed by atoms with van der Waals surface area (Å²) < 4.78 is 10.7. The number of hydrogen-bond acceptors (Lipinski definition) is 5. The molecule has 0 radical (unpaired) electrons. The summed E-state index contributed by atoms with van der Waals surface area (Å²) in [5.41, 5.74) is 0. The lowest BCUT2D eigenvalue weighted by Crippen LogP contribution is -2.39. The second-order valence-electron chi connectivity index (χ2n) is 4.10. The maximum Gasteiger partial charge on any atom is 0.229 e. The Hall–Kier alpha value is -0.940. The minimum atomic E-state index is 0.166. The molecule has 5 heteroatoms. The Kier molecular flexibility index (Phi) is 3.33. The van der Waals surface area contributed by atoms with Crippen LogP contribution < -0.4 is 5.32 Å². The molecule has 0 bridgehead atoms. The van der Waals surface area contributed by atoms with Crippen molar-refractivity contribution in [2.45, 2.75) is 32.3 Å². The molecule has 1 fully saturated rings. The van der Waals surface area contributed by atoms with Crippen molar-refractivity contribution in [3.63, 3.8) is 0 Å². The van der Waals surface area contributed by atoms with Gasteiger partial charge in [0.25, 0.3) is 0 Å². The fourth-order valence-electron chi connectivity index (χ4n) is 1.53. The summed E-state index contributed by atoms with van der Waals surface area (Å²) in [4.78, 5) is 4.32. The molecule has 1 aliphatic rings. The SMILES string of the molecule is CC(C)c1noc(CC2CNCCO2)n1. The van der Waals surface area contributed by atoms with E-state index in [-0.39, 0.29) is 6.10 Å². The highest BCUT2D eigenvalue weighted by atomic mass is 16.5. The van der Waals surface area contributed by atoms with E-state index in [0.29, 0.717) is 18.2 Å². The lowest BCUT2D eigenvalue weighted by atomic mass is 10.2. The van der Waals surface area contributed by atoms with Gasteiger partial charge in [-0.25, -0.2) is 0 Å². The smallest absolute Gasteiger partial charge is 0.229 e. The number of rotatable bonds is 3. The van der Waals surface area contributed by atoms with Crippen LogP contribution in [-0.2, 0) is 11.2 Å². The van der Waals surface area contributed by atoms with Gasteiger partial charge in [-0.05, 0) is 0 Å². The second kappa shape index (κ2) is 4.72. The molecule has 1 saturated heterocycles. The molecule has 1 N–H and O–H groups in total. The van der Waals surface area contributed by atoms with Crippen molar-refractivity contribution in [2.24, 2.45) is 0 Å². The van der Waals surface area contributed by atoms with Gasteiger partial charge < -0.3 is 14.6 Å². The van der Waals surface area contributed by atoms with Crippen LogP contribution in [0.4, 0.5) is 0 Å². The van der Waals surface area contributed by atoms with Crippen LogP contribution in [0.15, 0.2) is 4.52 Å². The zero-order valence-electron chi connectivity index (χ0n) is 9.19. The Morgan fingerprint density at radius 2 is 2.40 bits per heavy atom. The van der Waals surface area contributed by atoms with Gasteiger partial charge in [0.2, 0.25) is 5.89 Å². The van der Waals surface area contributed by atoms with E-state index in [4.69, 9.17) is 9.26 Å². The van der Waals surface area contributed by atoms with Crippen molar-refractivity contribution in [1.82, 2.24) is 15.5 Å². The van der Waals surface area contributed by atoms with Crippen molar-refractivity contribution >= 4 is 0 Å². The number of ether oxygens (including phenoxy) is 1. The second-order valence-corrected chi connectivity index (χ2v) is 4.10. The van der Waals surface area contributed by atoms with Crippen molar-refractivity contribution in [3.05, 3.63) is 11.7 Å². The van der Waals surface area contributed by atoms with Crippen LogP contribution in [0.3, 0.4) is 0 Å². The molecule has 1 atom stereocenters. The summed E-state index contributed by atoms with van der Waals surface area (Å²) in [6.45, 7) is 6.65. The molecule has 2 heterocycles. The van der Waals surface area contributed by atoms with Crippen molar-refractivity contribution in [1.29, 1.82) is 0 Å². The first kappa shape index (κ1) is 10.6. The number of aromatic nitrogens is 2. The van der Waals surface area contributed by atoms with E-state index in [1.54, 1.807) is 0 Å². The van der Waals surface area contributed by atoms with Crippen LogP contribution in [0.5, 0.6) is 0 Å². The summed E-state index contributed by atoms with van der Waals surface area (Å²) in [5, 5.41) is 7.19. The molecule has 1 aliphatic heterocycles. The molecule has 2 rings (SSSR count). The third-order valence-electron chi connectivity index (χ3n) is 2.41. The highest BCUT2D eigenvalue weighted by Gasteiger charge is 2.18. The van der Waals surface area contributed by atoms with E-state index in [9.17, 15) is 0 Å². The summed E-state index contributed by atoms with van der Waals surface area (Å²) in [7, 11) is 0. The molecule has 0 aromatic carbocycles. The molecular formula is C10H17N3O2. The zero-order chi connectivity index (χ0) is 10.7. The van der Waals surface area contributed by atoms with E-state index in [1.807, 2.05) is 13.8 Å². The number of nitrogens with zero attached hydrogens (tertiary/aromatic N) is 2. The molecule has 1 aromatic rings. The lowest BCUT2D eigenvalue weighted by Gasteiger charge is -2.21. The fraction of sp³-hybridized carbons (Fsp3) is 0.800. The molecule has 84 valence electrons. The average Bonchev–Trinajstić information content (AvgIpc) is 2.68. The van der Waals surface area contributed by atoms with Gasteiger partial charge in [-0.1, -0.05) is 19.0 Å². The minimum Gasteiger partial charge on any atom is -0.375 e. The third-order valence-corrected chi connectivity index (χ3v) is 2.41. The summed E-state index contributed by atoms with van der Waals surface area (Å²) in [6, 6.07) is 0. The molecule has 0 aliphatic carbocycles. The van der Waals surface area contributed by atoms with Crippen LogP contribution in [-0.4, -0.2) is 35.9 Å². The first-order valence-corrected chi connectivity index (χ1v) is 5.40. The predicted molar refractivity (Wildman–Crippen MR) is 54.7 cm³/mol. The Morgan fingerprint density at radius 1 is 1.53 bits per heavy atom.